The number of fused-ring (bicyclic) bond motifs is 1. The number of carbonyl (C=O) groups is 1. The van der Waals surface area contributed by atoms with Gasteiger partial charge < -0.3 is 18.9 Å². The number of ether oxygens (including phenoxy) is 4. The molecular weight excluding hydrogens is 388 g/mol. The summed E-state index contributed by atoms with van der Waals surface area (Å²) in [4.78, 5) is 11.5. The second kappa shape index (κ2) is 7.34. The number of carbonyl (C=O) groups excluding carboxylic acids is 1. The first-order chi connectivity index (χ1) is 11.8. The summed E-state index contributed by atoms with van der Waals surface area (Å²) in [6.45, 7) is 7.67. The minimum atomic E-state index is -4.00. The van der Waals surface area contributed by atoms with Crippen molar-refractivity contribution in [3.8, 4) is 0 Å². The van der Waals surface area contributed by atoms with Crippen molar-refractivity contribution in [3.63, 3.8) is 0 Å². The third-order valence-corrected chi connectivity index (χ3v) is 8.81. The first-order valence-electron chi connectivity index (χ1n) is 8.34. The zero-order valence-electron chi connectivity index (χ0n) is 15.5. The molecule has 0 aromatic heterocycles. The summed E-state index contributed by atoms with van der Waals surface area (Å²) in [7, 11) is -7.73. The molecule has 0 bridgehead atoms. The Labute approximate surface area is 154 Å². The van der Waals surface area contributed by atoms with Gasteiger partial charge in [0.25, 0.3) is 0 Å². The van der Waals surface area contributed by atoms with Gasteiger partial charge in [0, 0.05) is 12.7 Å². The molecule has 0 spiro atoms. The van der Waals surface area contributed by atoms with Crippen molar-refractivity contribution in [2.75, 3.05) is 16.6 Å². The fourth-order valence-electron chi connectivity index (χ4n) is 3.20. The van der Waals surface area contributed by atoms with Gasteiger partial charge in [0.15, 0.2) is 36.7 Å². The summed E-state index contributed by atoms with van der Waals surface area (Å²) in [5, 5.41) is -0.978. The molecule has 2 saturated heterocycles. The van der Waals surface area contributed by atoms with E-state index in [9.17, 15) is 21.6 Å². The fraction of sp³-hybridized carbons (Fsp3) is 0.933. The van der Waals surface area contributed by atoms with Gasteiger partial charge >= 0.3 is 5.97 Å². The maximum absolute atomic E-state index is 12.4. The molecule has 2 fully saturated rings. The molecule has 2 aliphatic rings. The van der Waals surface area contributed by atoms with E-state index in [1.54, 1.807) is 20.8 Å². The van der Waals surface area contributed by atoms with Crippen molar-refractivity contribution in [2.24, 2.45) is 0 Å². The van der Waals surface area contributed by atoms with Crippen LogP contribution in [0.25, 0.3) is 0 Å². The van der Waals surface area contributed by atoms with Crippen molar-refractivity contribution in [1.82, 2.24) is 0 Å². The lowest BCUT2D eigenvalue weighted by molar-refractivity contribution is -0.198. The zero-order valence-corrected chi connectivity index (χ0v) is 17.1. The molecule has 5 unspecified atom stereocenters. The van der Waals surface area contributed by atoms with Crippen molar-refractivity contribution in [2.45, 2.75) is 70.9 Å². The summed E-state index contributed by atoms with van der Waals surface area (Å²) < 4.78 is 70.7. The number of esters is 1. The van der Waals surface area contributed by atoms with Crippen LogP contribution >= 0.6 is 0 Å². The third kappa shape index (κ3) is 5.16. The van der Waals surface area contributed by atoms with E-state index in [0.717, 1.165) is 0 Å². The molecule has 0 aromatic rings. The highest BCUT2D eigenvalue weighted by Gasteiger charge is 2.56. The lowest BCUT2D eigenvalue weighted by Gasteiger charge is -2.40. The van der Waals surface area contributed by atoms with Crippen LogP contribution in [0.2, 0.25) is 0 Å². The first-order valence-corrected chi connectivity index (χ1v) is 12.0. The van der Waals surface area contributed by atoms with Crippen LogP contribution in [0.3, 0.4) is 0 Å². The predicted octanol–water partition coefficient (Wildman–Crippen LogP) is 0.0325. The molecule has 152 valence electrons. The van der Waals surface area contributed by atoms with Gasteiger partial charge in [-0.25, -0.2) is 16.8 Å². The molecule has 0 N–H and O–H groups in total. The third-order valence-electron chi connectivity index (χ3n) is 4.23. The van der Waals surface area contributed by atoms with E-state index >= 15 is 0 Å². The Bertz CT molecular complexity index is 741. The second-order valence-electron chi connectivity index (χ2n) is 7.08. The second-order valence-corrected chi connectivity index (χ2v) is 11.9. The Hall–Kier alpha value is -0.750. The van der Waals surface area contributed by atoms with E-state index in [4.69, 9.17) is 18.9 Å². The molecule has 0 aromatic carbocycles. The van der Waals surface area contributed by atoms with Gasteiger partial charge in [0.05, 0.1) is 11.9 Å². The summed E-state index contributed by atoms with van der Waals surface area (Å²) in [6.07, 6.45) is -3.83. The highest BCUT2D eigenvalue weighted by molar-refractivity contribution is 8.08. The van der Waals surface area contributed by atoms with E-state index in [0.29, 0.717) is 0 Å². The van der Waals surface area contributed by atoms with E-state index in [1.807, 2.05) is 0 Å². The summed E-state index contributed by atoms with van der Waals surface area (Å²) in [5.74, 6) is -2.44. The molecule has 26 heavy (non-hydrogen) atoms. The molecule has 5 atom stereocenters. The van der Waals surface area contributed by atoms with Gasteiger partial charge in [-0.3, -0.25) is 4.79 Å². The van der Waals surface area contributed by atoms with Crippen molar-refractivity contribution in [3.05, 3.63) is 0 Å². The van der Waals surface area contributed by atoms with E-state index < -0.39 is 72.8 Å². The average molecular weight is 414 g/mol. The maximum atomic E-state index is 12.4. The highest BCUT2D eigenvalue weighted by atomic mass is 32.3. The minimum absolute atomic E-state index is 0.280. The molecule has 0 radical (unpaired) electrons. The molecular formula is C15H26O9S2. The lowest BCUT2D eigenvalue weighted by Crippen LogP contribution is -2.58. The number of hydrogen-bond donors (Lipinski definition) is 0. The molecule has 0 amide bonds. The topological polar surface area (TPSA) is 122 Å². The Morgan fingerprint density at radius 1 is 1.08 bits per heavy atom. The standard InChI is InChI=1S/C15H26O9S2/c1-6-25(17,18)8-26(19,20)7-11-13(22-10(3)16)14-12(9(2)21-11)23-15(4,5)24-14/h9,11-14H,6-8H2,1-5H3. The maximum Gasteiger partial charge on any atom is 0.303 e. The van der Waals surface area contributed by atoms with E-state index in [2.05, 4.69) is 0 Å². The normalized spacial score (nSPS) is 34.3. The molecule has 9 nitrogen and oxygen atoms in total. The Morgan fingerprint density at radius 2 is 1.65 bits per heavy atom. The molecule has 2 rings (SSSR count). The van der Waals surface area contributed by atoms with Crippen LogP contribution in [0.5, 0.6) is 0 Å². The number of hydrogen-bond acceptors (Lipinski definition) is 9. The largest absolute Gasteiger partial charge is 0.457 e. The highest BCUT2D eigenvalue weighted by Crippen LogP contribution is 2.39. The molecule has 11 heteroatoms. The first kappa shape index (κ1) is 21.5. The average Bonchev–Trinajstić information content (AvgIpc) is 2.77. The molecule has 2 heterocycles. The van der Waals surface area contributed by atoms with Crippen LogP contribution < -0.4 is 0 Å². The monoisotopic (exact) mass is 414 g/mol. The summed E-state index contributed by atoms with van der Waals surface area (Å²) >= 11 is 0. The Kier molecular flexibility index (Phi) is 6.09. The summed E-state index contributed by atoms with van der Waals surface area (Å²) in [6, 6.07) is 0. The van der Waals surface area contributed by atoms with Gasteiger partial charge in [0.2, 0.25) is 0 Å². The smallest absolute Gasteiger partial charge is 0.303 e. The minimum Gasteiger partial charge on any atom is -0.457 e. The number of rotatable bonds is 6. The van der Waals surface area contributed by atoms with Crippen LogP contribution in [0.4, 0.5) is 0 Å². The van der Waals surface area contributed by atoms with Crippen molar-refractivity contribution >= 4 is 25.6 Å². The lowest BCUT2D eigenvalue weighted by atomic mass is 9.96. The van der Waals surface area contributed by atoms with Gasteiger partial charge in [-0.15, -0.1) is 0 Å². The molecule has 0 saturated carbocycles. The van der Waals surface area contributed by atoms with E-state index in [1.165, 1.54) is 13.8 Å². The zero-order chi connectivity index (χ0) is 19.9. The Balaban J connectivity index is 2.27. The van der Waals surface area contributed by atoms with Crippen molar-refractivity contribution in [1.29, 1.82) is 0 Å². The van der Waals surface area contributed by atoms with Crippen molar-refractivity contribution < 1.29 is 40.6 Å². The van der Waals surface area contributed by atoms with Gasteiger partial charge in [-0.2, -0.15) is 0 Å². The van der Waals surface area contributed by atoms with Crippen LogP contribution in [0.1, 0.15) is 34.6 Å². The Morgan fingerprint density at radius 3 is 2.19 bits per heavy atom. The number of sulfone groups is 2. The van der Waals surface area contributed by atoms with E-state index in [-0.39, 0.29) is 5.75 Å². The van der Waals surface area contributed by atoms with Gasteiger partial charge in [-0.1, -0.05) is 6.92 Å². The predicted molar refractivity (Wildman–Crippen MR) is 91.8 cm³/mol. The summed E-state index contributed by atoms with van der Waals surface area (Å²) in [5.41, 5.74) is 0. The van der Waals surface area contributed by atoms with Crippen LogP contribution in [-0.2, 0) is 43.4 Å². The molecule has 0 aliphatic carbocycles. The quantitative estimate of drug-likeness (QED) is 0.554. The van der Waals surface area contributed by atoms with Crippen LogP contribution in [0.15, 0.2) is 0 Å². The SMILES string of the molecule is CCS(=O)(=O)CS(=O)(=O)CC1OC(C)C2OC(C)(C)OC2C1OC(C)=O. The fourth-order valence-corrected chi connectivity index (χ4v) is 7.21. The van der Waals surface area contributed by atoms with Crippen LogP contribution in [0, 0.1) is 0 Å². The van der Waals surface area contributed by atoms with Gasteiger partial charge in [-0.05, 0) is 20.8 Å². The van der Waals surface area contributed by atoms with Crippen LogP contribution in [-0.4, -0.2) is 75.7 Å². The molecule has 2 aliphatic heterocycles. The van der Waals surface area contributed by atoms with Gasteiger partial charge in [0.1, 0.15) is 18.3 Å².